The summed E-state index contributed by atoms with van der Waals surface area (Å²) in [6.07, 6.45) is 4.20. The molecule has 3 atom stereocenters. The first-order chi connectivity index (χ1) is 12.3. The van der Waals surface area contributed by atoms with Gasteiger partial charge in [-0.25, -0.2) is 8.51 Å². The number of ether oxygens (including phenoxy) is 1. The van der Waals surface area contributed by atoms with Crippen molar-refractivity contribution in [3.8, 4) is 5.75 Å². The molecule has 0 radical (unpaired) electrons. The molecule has 1 aliphatic rings. The van der Waals surface area contributed by atoms with E-state index in [0.717, 1.165) is 27.8 Å². The number of hydrogen-bond acceptors (Lipinski definition) is 2. The van der Waals surface area contributed by atoms with Gasteiger partial charge in [-0.3, -0.25) is 0 Å². The highest BCUT2D eigenvalue weighted by Gasteiger charge is 2.38. The molecule has 3 nitrogen and oxygen atoms in total. The SMILES string of the molecule is COc1ccc2ccccc2c1[S@](=O)N1CC1/C=C/c1ccccc1. The van der Waals surface area contributed by atoms with Gasteiger partial charge in [0.05, 0.1) is 13.2 Å². The van der Waals surface area contributed by atoms with Crippen LogP contribution in [0.4, 0.5) is 0 Å². The van der Waals surface area contributed by atoms with Gasteiger partial charge < -0.3 is 4.74 Å². The maximum absolute atomic E-state index is 13.1. The van der Waals surface area contributed by atoms with Crippen LogP contribution >= 0.6 is 0 Å². The molecule has 0 spiro atoms. The first kappa shape index (κ1) is 16.1. The van der Waals surface area contributed by atoms with Crippen molar-refractivity contribution in [1.29, 1.82) is 0 Å². The van der Waals surface area contributed by atoms with Crippen molar-refractivity contribution in [3.05, 3.63) is 78.4 Å². The molecule has 2 unspecified atom stereocenters. The third kappa shape index (κ3) is 3.23. The molecule has 0 saturated carbocycles. The minimum absolute atomic E-state index is 0.199. The van der Waals surface area contributed by atoms with Crippen molar-refractivity contribution in [2.24, 2.45) is 0 Å². The molecule has 1 saturated heterocycles. The van der Waals surface area contributed by atoms with Gasteiger partial charge >= 0.3 is 0 Å². The average Bonchev–Trinajstić information content (AvgIpc) is 3.45. The highest BCUT2D eigenvalue weighted by atomic mass is 32.2. The van der Waals surface area contributed by atoms with Crippen molar-refractivity contribution in [2.45, 2.75) is 10.9 Å². The Morgan fingerprint density at radius 3 is 2.60 bits per heavy atom. The van der Waals surface area contributed by atoms with Gasteiger partial charge in [-0.2, -0.15) is 0 Å². The fourth-order valence-electron chi connectivity index (χ4n) is 2.95. The van der Waals surface area contributed by atoms with E-state index in [-0.39, 0.29) is 6.04 Å². The van der Waals surface area contributed by atoms with Gasteiger partial charge in [-0.15, -0.1) is 0 Å². The molecule has 4 heteroatoms. The number of fused-ring (bicyclic) bond motifs is 1. The lowest BCUT2D eigenvalue weighted by Gasteiger charge is -2.12. The minimum Gasteiger partial charge on any atom is -0.495 e. The summed E-state index contributed by atoms with van der Waals surface area (Å²) >= 11 is 0. The Hall–Kier alpha value is -2.43. The van der Waals surface area contributed by atoms with E-state index < -0.39 is 11.0 Å². The lowest BCUT2D eigenvalue weighted by Crippen LogP contribution is -2.08. The van der Waals surface area contributed by atoms with Crippen LogP contribution in [0.15, 0.2) is 77.7 Å². The van der Waals surface area contributed by atoms with Gasteiger partial charge in [0.1, 0.15) is 21.6 Å². The van der Waals surface area contributed by atoms with E-state index in [9.17, 15) is 4.21 Å². The van der Waals surface area contributed by atoms with Crippen LogP contribution in [0.25, 0.3) is 16.8 Å². The van der Waals surface area contributed by atoms with Gasteiger partial charge in [-0.05, 0) is 17.0 Å². The topological polar surface area (TPSA) is 29.3 Å². The third-order valence-corrected chi connectivity index (χ3v) is 5.98. The highest BCUT2D eigenvalue weighted by molar-refractivity contribution is 7.83. The molecule has 25 heavy (non-hydrogen) atoms. The second-order valence-electron chi connectivity index (χ2n) is 6.00. The Kier molecular flexibility index (Phi) is 4.38. The van der Waals surface area contributed by atoms with E-state index in [1.165, 1.54) is 0 Å². The van der Waals surface area contributed by atoms with E-state index in [2.05, 4.69) is 24.3 Å². The van der Waals surface area contributed by atoms with Gasteiger partial charge in [0.2, 0.25) is 0 Å². The second kappa shape index (κ2) is 6.82. The van der Waals surface area contributed by atoms with Crippen LogP contribution in [0, 0.1) is 0 Å². The maximum Gasteiger partial charge on any atom is 0.137 e. The molecule has 1 fully saturated rings. The molecule has 4 rings (SSSR count). The molecule has 0 aliphatic carbocycles. The van der Waals surface area contributed by atoms with Crippen LogP contribution in [0.2, 0.25) is 0 Å². The van der Waals surface area contributed by atoms with Crippen molar-refractivity contribution >= 4 is 27.8 Å². The number of hydrogen-bond donors (Lipinski definition) is 0. The van der Waals surface area contributed by atoms with Crippen molar-refractivity contribution in [1.82, 2.24) is 4.31 Å². The standard InChI is InChI=1S/C21H19NO2S/c1-24-20-14-12-17-9-5-6-10-19(17)21(20)25(23)22-15-18(22)13-11-16-7-3-2-4-8-16/h2-14,18H,15H2,1H3/b13-11+/t18?,22?,25-/m0/s1. The zero-order valence-electron chi connectivity index (χ0n) is 14.0. The van der Waals surface area contributed by atoms with E-state index in [1.54, 1.807) is 7.11 Å². The molecule has 1 heterocycles. The monoisotopic (exact) mass is 349 g/mol. The number of methoxy groups -OCH3 is 1. The number of benzene rings is 3. The number of nitrogens with zero attached hydrogens (tertiary/aromatic N) is 1. The summed E-state index contributed by atoms with van der Waals surface area (Å²) in [5, 5.41) is 2.06. The summed E-state index contributed by atoms with van der Waals surface area (Å²) in [4.78, 5) is 0.760. The first-order valence-corrected chi connectivity index (χ1v) is 9.36. The molecule has 0 bridgehead atoms. The zero-order valence-corrected chi connectivity index (χ0v) is 14.8. The van der Waals surface area contributed by atoms with E-state index in [0.29, 0.717) is 5.75 Å². The fourth-order valence-corrected chi connectivity index (χ4v) is 4.49. The molecule has 0 aromatic heterocycles. The van der Waals surface area contributed by atoms with Crippen molar-refractivity contribution in [3.63, 3.8) is 0 Å². The predicted octanol–water partition coefficient (Wildman–Crippen LogP) is 4.27. The van der Waals surface area contributed by atoms with Crippen molar-refractivity contribution in [2.75, 3.05) is 13.7 Å². The number of rotatable bonds is 5. The van der Waals surface area contributed by atoms with E-state index in [4.69, 9.17) is 4.74 Å². The summed E-state index contributed by atoms with van der Waals surface area (Å²) < 4.78 is 20.6. The Morgan fingerprint density at radius 2 is 1.80 bits per heavy atom. The second-order valence-corrected chi connectivity index (χ2v) is 7.38. The van der Waals surface area contributed by atoms with Gasteiger partial charge in [0, 0.05) is 11.9 Å². The van der Waals surface area contributed by atoms with E-state index >= 15 is 0 Å². The average molecular weight is 349 g/mol. The lowest BCUT2D eigenvalue weighted by atomic mass is 10.1. The summed E-state index contributed by atoms with van der Waals surface area (Å²) in [6, 6.07) is 22.3. The van der Waals surface area contributed by atoms with Crippen LogP contribution in [0.3, 0.4) is 0 Å². The Bertz CT molecular complexity index is 953. The lowest BCUT2D eigenvalue weighted by molar-refractivity contribution is 0.405. The Balaban J connectivity index is 1.60. The summed E-state index contributed by atoms with van der Waals surface area (Å²) in [5.74, 6) is 0.676. The smallest absolute Gasteiger partial charge is 0.137 e. The van der Waals surface area contributed by atoms with Crippen LogP contribution in [0.1, 0.15) is 5.56 Å². The van der Waals surface area contributed by atoms with E-state index in [1.807, 2.05) is 58.9 Å². The Labute approximate surface area is 150 Å². The molecule has 3 aromatic carbocycles. The first-order valence-electron chi connectivity index (χ1n) is 8.25. The largest absolute Gasteiger partial charge is 0.495 e. The van der Waals surface area contributed by atoms with Gasteiger partial charge in [0.25, 0.3) is 0 Å². The molecule has 3 aromatic rings. The molecule has 126 valence electrons. The predicted molar refractivity (Wildman–Crippen MR) is 103 cm³/mol. The molecular weight excluding hydrogens is 330 g/mol. The third-order valence-electron chi connectivity index (χ3n) is 4.36. The summed E-state index contributed by atoms with van der Waals surface area (Å²) in [6.45, 7) is 0.794. The van der Waals surface area contributed by atoms with Crippen LogP contribution in [-0.2, 0) is 11.0 Å². The molecule has 1 aliphatic heterocycles. The maximum atomic E-state index is 13.1. The summed E-state index contributed by atoms with van der Waals surface area (Å²) in [5.41, 5.74) is 1.16. The minimum atomic E-state index is -1.24. The van der Waals surface area contributed by atoms with Crippen LogP contribution in [0.5, 0.6) is 5.75 Å². The molecular formula is C21H19NO2S. The van der Waals surface area contributed by atoms with Gasteiger partial charge in [0.15, 0.2) is 0 Å². The Morgan fingerprint density at radius 1 is 1.04 bits per heavy atom. The summed E-state index contributed by atoms with van der Waals surface area (Å²) in [7, 11) is 0.384. The fraction of sp³-hybridized carbons (Fsp3) is 0.143. The van der Waals surface area contributed by atoms with Crippen LogP contribution < -0.4 is 4.74 Å². The van der Waals surface area contributed by atoms with Gasteiger partial charge in [-0.1, -0.05) is 72.8 Å². The van der Waals surface area contributed by atoms with Crippen LogP contribution in [-0.4, -0.2) is 28.2 Å². The highest BCUT2D eigenvalue weighted by Crippen LogP contribution is 2.36. The normalized spacial score (nSPS) is 20.7. The van der Waals surface area contributed by atoms with Crippen molar-refractivity contribution < 1.29 is 8.95 Å². The molecule has 0 N–H and O–H groups in total. The quantitative estimate of drug-likeness (QED) is 0.644. The zero-order chi connectivity index (χ0) is 17.2. The molecule has 0 amide bonds.